The van der Waals surface area contributed by atoms with E-state index in [4.69, 9.17) is 4.74 Å². The number of hydrogen-bond donors (Lipinski definition) is 0. The molecule has 1 atom stereocenters. The summed E-state index contributed by atoms with van der Waals surface area (Å²) in [6, 6.07) is 10.2. The van der Waals surface area contributed by atoms with Crippen LogP contribution in [0.2, 0.25) is 0 Å². The van der Waals surface area contributed by atoms with E-state index in [0.29, 0.717) is 12.0 Å². The average molecular weight is 220 g/mol. The lowest BCUT2D eigenvalue weighted by atomic mass is 10.0. The standard InChI is InChI=1S/C15H24O/c1-4-5-9-15(12-13(2)3)16-14-10-7-6-8-11-14/h6-8,10-11,13,15H,4-5,9,12H2,1-3H3. The van der Waals surface area contributed by atoms with E-state index in [1.54, 1.807) is 0 Å². The fraction of sp³-hybridized carbons (Fsp3) is 0.600. The topological polar surface area (TPSA) is 9.23 Å². The smallest absolute Gasteiger partial charge is 0.119 e. The lowest BCUT2D eigenvalue weighted by Crippen LogP contribution is -2.18. The first-order valence-corrected chi connectivity index (χ1v) is 6.44. The van der Waals surface area contributed by atoms with Crippen molar-refractivity contribution in [2.24, 2.45) is 5.92 Å². The van der Waals surface area contributed by atoms with Gasteiger partial charge in [0, 0.05) is 0 Å². The quantitative estimate of drug-likeness (QED) is 0.649. The Kier molecular flexibility index (Phi) is 5.99. The van der Waals surface area contributed by atoms with Crippen molar-refractivity contribution in [3.8, 4) is 5.75 Å². The average Bonchev–Trinajstić information content (AvgIpc) is 2.26. The molecule has 0 N–H and O–H groups in total. The largest absolute Gasteiger partial charge is 0.490 e. The van der Waals surface area contributed by atoms with Gasteiger partial charge in [0.2, 0.25) is 0 Å². The third-order valence-electron chi connectivity index (χ3n) is 2.66. The molecule has 1 aromatic carbocycles. The molecule has 0 heterocycles. The summed E-state index contributed by atoms with van der Waals surface area (Å²) in [5.41, 5.74) is 0. The highest BCUT2D eigenvalue weighted by atomic mass is 16.5. The molecule has 0 amide bonds. The van der Waals surface area contributed by atoms with Crippen molar-refractivity contribution in [2.45, 2.75) is 52.6 Å². The normalized spacial score (nSPS) is 12.8. The third kappa shape index (κ3) is 5.20. The van der Waals surface area contributed by atoms with Gasteiger partial charge in [0.1, 0.15) is 5.75 Å². The van der Waals surface area contributed by atoms with E-state index >= 15 is 0 Å². The maximum Gasteiger partial charge on any atom is 0.119 e. The van der Waals surface area contributed by atoms with Crippen LogP contribution >= 0.6 is 0 Å². The van der Waals surface area contributed by atoms with Crippen LogP contribution in [0.1, 0.15) is 46.5 Å². The highest BCUT2D eigenvalue weighted by molar-refractivity contribution is 5.21. The zero-order valence-electron chi connectivity index (χ0n) is 10.8. The molecule has 16 heavy (non-hydrogen) atoms. The Morgan fingerprint density at radius 3 is 2.38 bits per heavy atom. The number of para-hydroxylation sites is 1. The second kappa shape index (κ2) is 7.32. The van der Waals surface area contributed by atoms with E-state index in [1.807, 2.05) is 30.3 Å². The molecule has 0 aromatic heterocycles. The van der Waals surface area contributed by atoms with Crippen molar-refractivity contribution < 1.29 is 4.74 Å². The molecule has 1 heteroatoms. The SMILES string of the molecule is CCCCC(CC(C)C)Oc1ccccc1. The van der Waals surface area contributed by atoms with E-state index in [0.717, 1.165) is 12.2 Å². The summed E-state index contributed by atoms with van der Waals surface area (Å²) >= 11 is 0. The van der Waals surface area contributed by atoms with Crippen molar-refractivity contribution in [3.05, 3.63) is 30.3 Å². The minimum absolute atomic E-state index is 0.377. The molecule has 1 nitrogen and oxygen atoms in total. The number of hydrogen-bond acceptors (Lipinski definition) is 1. The first-order chi connectivity index (χ1) is 7.72. The number of benzene rings is 1. The summed E-state index contributed by atoms with van der Waals surface area (Å²) in [5, 5.41) is 0. The number of rotatable bonds is 7. The van der Waals surface area contributed by atoms with Gasteiger partial charge in [0.25, 0.3) is 0 Å². The van der Waals surface area contributed by atoms with Gasteiger partial charge in [-0.15, -0.1) is 0 Å². The summed E-state index contributed by atoms with van der Waals surface area (Å²) in [6.07, 6.45) is 5.19. The van der Waals surface area contributed by atoms with Gasteiger partial charge in [-0.2, -0.15) is 0 Å². The van der Waals surface area contributed by atoms with Gasteiger partial charge in [-0.3, -0.25) is 0 Å². The first kappa shape index (κ1) is 13.1. The van der Waals surface area contributed by atoms with Crippen LogP contribution in [0.4, 0.5) is 0 Å². The number of unbranched alkanes of at least 4 members (excludes halogenated alkanes) is 1. The Morgan fingerprint density at radius 2 is 1.81 bits per heavy atom. The molecule has 0 spiro atoms. The van der Waals surface area contributed by atoms with Crippen LogP contribution in [0.3, 0.4) is 0 Å². The predicted molar refractivity (Wildman–Crippen MR) is 69.8 cm³/mol. The molecule has 90 valence electrons. The fourth-order valence-corrected chi connectivity index (χ4v) is 1.87. The van der Waals surface area contributed by atoms with E-state index in [1.165, 1.54) is 19.3 Å². The van der Waals surface area contributed by atoms with Crippen LogP contribution in [0, 0.1) is 5.92 Å². The van der Waals surface area contributed by atoms with Gasteiger partial charge < -0.3 is 4.74 Å². The fourth-order valence-electron chi connectivity index (χ4n) is 1.87. The monoisotopic (exact) mass is 220 g/mol. The highest BCUT2D eigenvalue weighted by Gasteiger charge is 2.11. The molecular formula is C15H24O. The molecule has 1 rings (SSSR count). The molecule has 0 saturated carbocycles. The number of ether oxygens (including phenoxy) is 1. The minimum Gasteiger partial charge on any atom is -0.490 e. The van der Waals surface area contributed by atoms with Crippen molar-refractivity contribution >= 4 is 0 Å². The molecule has 0 aliphatic heterocycles. The van der Waals surface area contributed by atoms with Gasteiger partial charge in [0.05, 0.1) is 6.10 Å². The second-order valence-electron chi connectivity index (χ2n) is 4.82. The van der Waals surface area contributed by atoms with Gasteiger partial charge in [-0.1, -0.05) is 51.8 Å². The Morgan fingerprint density at radius 1 is 1.12 bits per heavy atom. The van der Waals surface area contributed by atoms with Crippen LogP contribution in [0.5, 0.6) is 5.75 Å². The summed E-state index contributed by atoms with van der Waals surface area (Å²) in [7, 11) is 0. The summed E-state index contributed by atoms with van der Waals surface area (Å²) in [5.74, 6) is 1.70. The van der Waals surface area contributed by atoms with E-state index in [9.17, 15) is 0 Å². The van der Waals surface area contributed by atoms with Crippen molar-refractivity contribution in [2.75, 3.05) is 0 Å². The third-order valence-corrected chi connectivity index (χ3v) is 2.66. The van der Waals surface area contributed by atoms with E-state index < -0.39 is 0 Å². The molecule has 0 aliphatic carbocycles. The second-order valence-corrected chi connectivity index (χ2v) is 4.82. The summed E-state index contributed by atoms with van der Waals surface area (Å²) < 4.78 is 6.03. The Balaban J connectivity index is 2.49. The molecule has 1 unspecified atom stereocenters. The van der Waals surface area contributed by atoms with Crippen LogP contribution in [-0.2, 0) is 0 Å². The van der Waals surface area contributed by atoms with Crippen LogP contribution in [0.15, 0.2) is 30.3 Å². The zero-order chi connectivity index (χ0) is 11.8. The van der Waals surface area contributed by atoms with Crippen molar-refractivity contribution in [1.82, 2.24) is 0 Å². The zero-order valence-corrected chi connectivity index (χ0v) is 10.8. The molecule has 0 bridgehead atoms. The minimum atomic E-state index is 0.377. The summed E-state index contributed by atoms with van der Waals surface area (Å²) in [4.78, 5) is 0. The molecule has 0 aliphatic rings. The van der Waals surface area contributed by atoms with Crippen LogP contribution in [0.25, 0.3) is 0 Å². The van der Waals surface area contributed by atoms with E-state index in [-0.39, 0.29) is 0 Å². The summed E-state index contributed by atoms with van der Waals surface area (Å²) in [6.45, 7) is 6.75. The maximum absolute atomic E-state index is 6.03. The first-order valence-electron chi connectivity index (χ1n) is 6.44. The van der Waals surface area contributed by atoms with E-state index in [2.05, 4.69) is 20.8 Å². The lowest BCUT2D eigenvalue weighted by Gasteiger charge is -2.20. The molecule has 0 radical (unpaired) electrons. The Bertz CT molecular complexity index is 266. The maximum atomic E-state index is 6.03. The van der Waals surface area contributed by atoms with Gasteiger partial charge >= 0.3 is 0 Å². The molecule has 0 fully saturated rings. The molecular weight excluding hydrogens is 196 g/mol. The van der Waals surface area contributed by atoms with Gasteiger partial charge in [-0.05, 0) is 30.9 Å². The highest BCUT2D eigenvalue weighted by Crippen LogP contribution is 2.19. The van der Waals surface area contributed by atoms with Crippen molar-refractivity contribution in [3.63, 3.8) is 0 Å². The van der Waals surface area contributed by atoms with Gasteiger partial charge in [0.15, 0.2) is 0 Å². The molecule has 1 aromatic rings. The lowest BCUT2D eigenvalue weighted by molar-refractivity contribution is 0.161. The predicted octanol–water partition coefficient (Wildman–Crippen LogP) is 4.67. The molecule has 0 saturated heterocycles. The van der Waals surface area contributed by atoms with Crippen LogP contribution < -0.4 is 4.74 Å². The Hall–Kier alpha value is -0.980. The Labute approximate surface area is 99.8 Å². The van der Waals surface area contributed by atoms with Crippen molar-refractivity contribution in [1.29, 1.82) is 0 Å². The van der Waals surface area contributed by atoms with Gasteiger partial charge in [-0.25, -0.2) is 0 Å². The van der Waals surface area contributed by atoms with Crippen LogP contribution in [-0.4, -0.2) is 6.10 Å².